The summed E-state index contributed by atoms with van der Waals surface area (Å²) in [6.07, 6.45) is 4.11. The molecule has 1 aliphatic rings. The van der Waals surface area contributed by atoms with E-state index in [1.807, 2.05) is 0 Å². The molecule has 17 heavy (non-hydrogen) atoms. The number of rotatable bonds is 3. The van der Waals surface area contributed by atoms with Crippen LogP contribution in [0.5, 0.6) is 0 Å². The van der Waals surface area contributed by atoms with Gasteiger partial charge in [0.1, 0.15) is 17.9 Å². The smallest absolute Gasteiger partial charge is 0.228 e. The van der Waals surface area contributed by atoms with Crippen molar-refractivity contribution >= 4 is 18.0 Å². The number of carbonyl (C=O) groups excluding carboxylic acids is 2. The Hall–Kier alpha value is -1.78. The lowest BCUT2D eigenvalue weighted by atomic mass is 10.1. The van der Waals surface area contributed by atoms with Gasteiger partial charge in [-0.05, 0) is 18.9 Å². The third-order valence-corrected chi connectivity index (χ3v) is 2.79. The zero-order chi connectivity index (χ0) is 12.3. The highest BCUT2D eigenvalue weighted by atomic mass is 19.1. The first-order valence-corrected chi connectivity index (χ1v) is 5.61. The molecule has 0 spiro atoms. The summed E-state index contributed by atoms with van der Waals surface area (Å²) in [5, 5.41) is 0. The Kier molecular flexibility index (Phi) is 3.46. The molecule has 0 N–H and O–H groups in total. The van der Waals surface area contributed by atoms with Crippen molar-refractivity contribution in [3.05, 3.63) is 23.6 Å². The van der Waals surface area contributed by atoms with Gasteiger partial charge >= 0.3 is 0 Å². The van der Waals surface area contributed by atoms with Crippen molar-refractivity contribution in [3.8, 4) is 0 Å². The average Bonchev–Trinajstić information content (AvgIpc) is 2.31. The number of amides is 1. The number of nitrogens with zero attached hydrogens (tertiary/aromatic N) is 2. The molecule has 1 aliphatic heterocycles. The second kappa shape index (κ2) is 5.03. The molecule has 1 saturated heterocycles. The van der Waals surface area contributed by atoms with Crippen LogP contribution in [-0.4, -0.2) is 23.7 Å². The molecular formula is C12H13FN2O2. The monoisotopic (exact) mass is 236 g/mol. The topological polar surface area (TPSA) is 50.3 Å². The Morgan fingerprint density at radius 1 is 1.47 bits per heavy atom. The molecule has 0 atom stereocenters. The van der Waals surface area contributed by atoms with Crippen molar-refractivity contribution < 1.29 is 14.0 Å². The summed E-state index contributed by atoms with van der Waals surface area (Å²) in [5.41, 5.74) is 0.468. The molecule has 0 aliphatic carbocycles. The van der Waals surface area contributed by atoms with Crippen LogP contribution >= 0.6 is 0 Å². The molecule has 0 radical (unpaired) electrons. The molecule has 4 nitrogen and oxygen atoms in total. The molecular weight excluding hydrogens is 223 g/mol. The van der Waals surface area contributed by atoms with E-state index >= 15 is 0 Å². The number of hydrogen-bond donors (Lipinski definition) is 0. The van der Waals surface area contributed by atoms with E-state index in [0.29, 0.717) is 30.6 Å². The van der Waals surface area contributed by atoms with Crippen LogP contribution in [0.25, 0.3) is 0 Å². The molecule has 0 unspecified atom stereocenters. The zero-order valence-electron chi connectivity index (χ0n) is 9.36. The van der Waals surface area contributed by atoms with Gasteiger partial charge in [0, 0.05) is 24.9 Å². The Bertz CT molecular complexity index is 448. The van der Waals surface area contributed by atoms with Crippen LogP contribution in [0.2, 0.25) is 0 Å². The standard InChI is InChI=1S/C12H13FN2O2/c13-10-7-9(4-6-16)12(14-8-10)15-5-2-1-3-11(15)17/h6-8H,1-5H2. The van der Waals surface area contributed by atoms with Crippen molar-refractivity contribution in [1.29, 1.82) is 0 Å². The maximum Gasteiger partial charge on any atom is 0.228 e. The average molecular weight is 236 g/mol. The van der Waals surface area contributed by atoms with E-state index in [1.54, 1.807) is 4.90 Å². The van der Waals surface area contributed by atoms with E-state index in [1.165, 1.54) is 6.07 Å². The second-order valence-electron chi connectivity index (χ2n) is 4.01. The maximum absolute atomic E-state index is 13.1. The molecule has 5 heteroatoms. The van der Waals surface area contributed by atoms with E-state index in [4.69, 9.17) is 0 Å². The van der Waals surface area contributed by atoms with E-state index in [-0.39, 0.29) is 12.3 Å². The highest BCUT2D eigenvalue weighted by molar-refractivity contribution is 5.94. The SMILES string of the molecule is O=CCc1cc(F)cnc1N1CCCCC1=O. The predicted molar refractivity (Wildman–Crippen MR) is 60.2 cm³/mol. The summed E-state index contributed by atoms with van der Waals surface area (Å²) in [6, 6.07) is 1.26. The minimum absolute atomic E-state index is 0.0116. The summed E-state index contributed by atoms with van der Waals surface area (Å²) in [6.45, 7) is 0.587. The predicted octanol–water partition coefficient (Wildman–Crippen LogP) is 1.48. The first kappa shape index (κ1) is 11.7. The van der Waals surface area contributed by atoms with Gasteiger partial charge < -0.3 is 4.79 Å². The van der Waals surface area contributed by atoms with Crippen molar-refractivity contribution in [3.63, 3.8) is 0 Å². The Labute approximate surface area is 98.4 Å². The van der Waals surface area contributed by atoms with Crippen molar-refractivity contribution in [2.24, 2.45) is 0 Å². The molecule has 2 heterocycles. The lowest BCUT2D eigenvalue weighted by Gasteiger charge is -2.27. The highest BCUT2D eigenvalue weighted by Gasteiger charge is 2.23. The first-order valence-electron chi connectivity index (χ1n) is 5.61. The Balaban J connectivity index is 2.35. The van der Waals surface area contributed by atoms with Crippen LogP contribution in [0.4, 0.5) is 10.2 Å². The van der Waals surface area contributed by atoms with Gasteiger partial charge in [-0.25, -0.2) is 9.37 Å². The molecule has 1 fully saturated rings. The number of anilines is 1. The largest absolute Gasteiger partial charge is 0.303 e. The summed E-state index contributed by atoms with van der Waals surface area (Å²) in [7, 11) is 0. The summed E-state index contributed by atoms with van der Waals surface area (Å²) < 4.78 is 13.1. The van der Waals surface area contributed by atoms with E-state index in [9.17, 15) is 14.0 Å². The summed E-state index contributed by atoms with van der Waals surface area (Å²) in [5.74, 6) is -0.0826. The van der Waals surface area contributed by atoms with Gasteiger partial charge in [0.05, 0.1) is 6.20 Å². The fourth-order valence-corrected chi connectivity index (χ4v) is 1.99. The van der Waals surface area contributed by atoms with Gasteiger partial charge in [0.25, 0.3) is 0 Å². The minimum Gasteiger partial charge on any atom is -0.303 e. The van der Waals surface area contributed by atoms with Gasteiger partial charge in [-0.15, -0.1) is 0 Å². The van der Waals surface area contributed by atoms with E-state index < -0.39 is 5.82 Å². The van der Waals surface area contributed by atoms with Crippen molar-refractivity contribution in [1.82, 2.24) is 4.98 Å². The van der Waals surface area contributed by atoms with E-state index in [0.717, 1.165) is 19.0 Å². The van der Waals surface area contributed by atoms with Gasteiger partial charge in [-0.2, -0.15) is 0 Å². The lowest BCUT2D eigenvalue weighted by molar-refractivity contribution is -0.119. The van der Waals surface area contributed by atoms with E-state index in [2.05, 4.69) is 4.98 Å². The number of carbonyl (C=O) groups is 2. The van der Waals surface area contributed by atoms with Gasteiger partial charge in [0.15, 0.2) is 0 Å². The Morgan fingerprint density at radius 3 is 3.00 bits per heavy atom. The number of piperidine rings is 1. The Morgan fingerprint density at radius 2 is 2.29 bits per heavy atom. The van der Waals surface area contributed by atoms with Gasteiger partial charge in [-0.3, -0.25) is 9.69 Å². The zero-order valence-corrected chi connectivity index (χ0v) is 9.36. The summed E-state index contributed by atoms with van der Waals surface area (Å²) >= 11 is 0. The number of aromatic nitrogens is 1. The maximum atomic E-state index is 13.1. The molecule has 1 amide bonds. The molecule has 1 aromatic heterocycles. The van der Waals surface area contributed by atoms with Gasteiger partial charge in [0.2, 0.25) is 5.91 Å². The lowest BCUT2D eigenvalue weighted by Crippen LogP contribution is -2.36. The van der Waals surface area contributed by atoms with Crippen LogP contribution < -0.4 is 4.90 Å². The number of pyridine rings is 1. The molecule has 0 aromatic carbocycles. The number of aldehydes is 1. The summed E-state index contributed by atoms with van der Waals surface area (Å²) in [4.78, 5) is 27.8. The quantitative estimate of drug-likeness (QED) is 0.747. The van der Waals surface area contributed by atoms with Crippen molar-refractivity contribution in [2.45, 2.75) is 25.7 Å². The highest BCUT2D eigenvalue weighted by Crippen LogP contribution is 2.23. The van der Waals surface area contributed by atoms with Crippen molar-refractivity contribution in [2.75, 3.05) is 11.4 Å². The molecule has 0 saturated carbocycles. The third kappa shape index (κ3) is 2.49. The fourth-order valence-electron chi connectivity index (χ4n) is 1.99. The van der Waals surface area contributed by atoms with Crippen LogP contribution in [0, 0.1) is 5.82 Å². The molecule has 2 rings (SSSR count). The third-order valence-electron chi connectivity index (χ3n) is 2.79. The van der Waals surface area contributed by atoms with Crippen LogP contribution in [-0.2, 0) is 16.0 Å². The number of hydrogen-bond acceptors (Lipinski definition) is 3. The van der Waals surface area contributed by atoms with Crippen LogP contribution in [0.15, 0.2) is 12.3 Å². The molecule has 90 valence electrons. The normalized spacial score (nSPS) is 16.1. The molecule has 0 bridgehead atoms. The fraction of sp³-hybridized carbons (Fsp3) is 0.417. The second-order valence-corrected chi connectivity index (χ2v) is 4.01. The van der Waals surface area contributed by atoms with Gasteiger partial charge in [-0.1, -0.05) is 0 Å². The first-order chi connectivity index (χ1) is 8.22. The van der Waals surface area contributed by atoms with Crippen LogP contribution in [0.1, 0.15) is 24.8 Å². The minimum atomic E-state index is -0.491. The van der Waals surface area contributed by atoms with Crippen LogP contribution in [0.3, 0.4) is 0 Å². The molecule has 1 aromatic rings. The number of halogens is 1.